The molecule has 1 heterocycles. The number of nitrogen functional groups attached to an aromatic ring is 1. The van der Waals surface area contributed by atoms with Gasteiger partial charge in [0, 0.05) is 12.2 Å². The number of nitrogens with zero attached hydrogens (tertiary/aromatic N) is 1. The SMILES string of the molecule is COc1ncc(C(C)N)cc1N. The molecule has 4 N–H and O–H groups in total. The van der Waals surface area contributed by atoms with Crippen molar-refractivity contribution in [2.75, 3.05) is 12.8 Å². The van der Waals surface area contributed by atoms with E-state index >= 15 is 0 Å². The summed E-state index contributed by atoms with van der Waals surface area (Å²) in [6, 6.07) is 1.72. The number of pyridine rings is 1. The van der Waals surface area contributed by atoms with Crippen LogP contribution >= 0.6 is 0 Å². The second-order valence-electron chi connectivity index (χ2n) is 2.66. The fourth-order valence-electron chi connectivity index (χ4n) is 0.906. The molecule has 0 aliphatic carbocycles. The van der Waals surface area contributed by atoms with Gasteiger partial charge in [-0.1, -0.05) is 0 Å². The summed E-state index contributed by atoms with van der Waals surface area (Å²) in [5, 5.41) is 0. The molecule has 12 heavy (non-hydrogen) atoms. The van der Waals surface area contributed by atoms with Crippen LogP contribution in [0.3, 0.4) is 0 Å². The van der Waals surface area contributed by atoms with E-state index < -0.39 is 0 Å². The fourth-order valence-corrected chi connectivity index (χ4v) is 0.906. The first-order chi connectivity index (χ1) is 5.65. The number of ether oxygens (including phenoxy) is 1. The van der Waals surface area contributed by atoms with Gasteiger partial charge in [0.2, 0.25) is 5.88 Å². The standard InChI is InChI=1S/C8H13N3O/c1-5(9)6-3-7(10)8(12-2)11-4-6/h3-5H,9-10H2,1-2H3. The molecule has 0 radical (unpaired) electrons. The van der Waals surface area contributed by atoms with Crippen LogP contribution in [0.1, 0.15) is 18.5 Å². The van der Waals surface area contributed by atoms with E-state index in [1.54, 1.807) is 12.3 Å². The number of anilines is 1. The van der Waals surface area contributed by atoms with E-state index in [2.05, 4.69) is 4.98 Å². The van der Waals surface area contributed by atoms with Gasteiger partial charge in [-0.25, -0.2) is 4.98 Å². The third kappa shape index (κ3) is 1.65. The van der Waals surface area contributed by atoms with Crippen LogP contribution in [0, 0.1) is 0 Å². The van der Waals surface area contributed by atoms with Crippen molar-refractivity contribution < 1.29 is 4.74 Å². The Morgan fingerprint density at radius 3 is 2.67 bits per heavy atom. The molecule has 0 spiro atoms. The van der Waals surface area contributed by atoms with Gasteiger partial charge in [0.25, 0.3) is 0 Å². The largest absolute Gasteiger partial charge is 0.480 e. The first-order valence-corrected chi connectivity index (χ1v) is 3.70. The maximum absolute atomic E-state index is 5.64. The molecular weight excluding hydrogens is 154 g/mol. The molecule has 0 aliphatic rings. The predicted octanol–water partition coefficient (Wildman–Crippen LogP) is 0.692. The maximum atomic E-state index is 5.64. The Hall–Kier alpha value is -1.29. The molecule has 1 atom stereocenters. The average Bonchev–Trinajstić information content (AvgIpc) is 2.04. The fraction of sp³-hybridized carbons (Fsp3) is 0.375. The highest BCUT2D eigenvalue weighted by molar-refractivity contribution is 5.49. The van der Waals surface area contributed by atoms with Crippen molar-refractivity contribution in [3.63, 3.8) is 0 Å². The summed E-state index contributed by atoms with van der Waals surface area (Å²) in [5.74, 6) is 0.444. The molecule has 0 amide bonds. The molecule has 0 bridgehead atoms. The normalized spacial score (nSPS) is 12.6. The van der Waals surface area contributed by atoms with Gasteiger partial charge in [0.05, 0.1) is 12.8 Å². The average molecular weight is 167 g/mol. The van der Waals surface area contributed by atoms with Crippen LogP contribution < -0.4 is 16.2 Å². The Balaban J connectivity index is 3.02. The smallest absolute Gasteiger partial charge is 0.236 e. The van der Waals surface area contributed by atoms with Crippen molar-refractivity contribution >= 4 is 5.69 Å². The van der Waals surface area contributed by atoms with Crippen LogP contribution in [-0.2, 0) is 0 Å². The number of methoxy groups -OCH3 is 1. The van der Waals surface area contributed by atoms with Crippen LogP contribution in [0.5, 0.6) is 5.88 Å². The summed E-state index contributed by atoms with van der Waals surface area (Å²) in [6.07, 6.45) is 1.67. The van der Waals surface area contributed by atoms with E-state index in [1.165, 1.54) is 7.11 Å². The molecule has 0 aliphatic heterocycles. The topological polar surface area (TPSA) is 74.2 Å². The summed E-state index contributed by atoms with van der Waals surface area (Å²) in [5.41, 5.74) is 12.7. The zero-order valence-corrected chi connectivity index (χ0v) is 7.24. The zero-order chi connectivity index (χ0) is 9.14. The molecule has 0 fully saturated rings. The number of hydrogen-bond acceptors (Lipinski definition) is 4. The molecule has 66 valence electrons. The van der Waals surface area contributed by atoms with E-state index in [4.69, 9.17) is 16.2 Å². The Labute approximate surface area is 71.5 Å². The third-order valence-corrected chi connectivity index (χ3v) is 1.62. The summed E-state index contributed by atoms with van der Waals surface area (Å²) in [4.78, 5) is 3.99. The van der Waals surface area contributed by atoms with E-state index in [1.807, 2.05) is 6.92 Å². The first kappa shape index (κ1) is 8.80. The van der Waals surface area contributed by atoms with Gasteiger partial charge in [-0.05, 0) is 18.6 Å². The Morgan fingerprint density at radius 2 is 2.25 bits per heavy atom. The minimum Gasteiger partial charge on any atom is -0.480 e. The summed E-state index contributed by atoms with van der Waals surface area (Å²) < 4.78 is 4.90. The first-order valence-electron chi connectivity index (χ1n) is 3.70. The molecule has 4 nitrogen and oxygen atoms in total. The lowest BCUT2D eigenvalue weighted by molar-refractivity contribution is 0.400. The van der Waals surface area contributed by atoms with Crippen molar-refractivity contribution in [2.45, 2.75) is 13.0 Å². The van der Waals surface area contributed by atoms with Gasteiger partial charge in [-0.2, -0.15) is 0 Å². The molecule has 1 aromatic rings. The lowest BCUT2D eigenvalue weighted by atomic mass is 10.1. The van der Waals surface area contributed by atoms with Gasteiger partial charge >= 0.3 is 0 Å². The zero-order valence-electron chi connectivity index (χ0n) is 7.24. The molecule has 0 saturated heterocycles. The molecule has 4 heteroatoms. The molecule has 1 aromatic heterocycles. The summed E-state index contributed by atoms with van der Waals surface area (Å²) >= 11 is 0. The van der Waals surface area contributed by atoms with Crippen LogP contribution in [0.25, 0.3) is 0 Å². The van der Waals surface area contributed by atoms with Gasteiger partial charge < -0.3 is 16.2 Å². The maximum Gasteiger partial charge on any atom is 0.236 e. The quantitative estimate of drug-likeness (QED) is 0.679. The highest BCUT2D eigenvalue weighted by atomic mass is 16.5. The van der Waals surface area contributed by atoms with E-state index in [9.17, 15) is 0 Å². The third-order valence-electron chi connectivity index (χ3n) is 1.62. The van der Waals surface area contributed by atoms with Crippen molar-refractivity contribution in [2.24, 2.45) is 5.73 Å². The predicted molar refractivity (Wildman–Crippen MR) is 47.8 cm³/mol. The van der Waals surface area contributed by atoms with Crippen LogP contribution in [0.2, 0.25) is 0 Å². The second-order valence-corrected chi connectivity index (χ2v) is 2.66. The minimum atomic E-state index is -0.0503. The molecular formula is C8H13N3O. The Kier molecular flexibility index (Phi) is 2.50. The number of aromatic nitrogens is 1. The molecule has 0 aromatic carbocycles. The van der Waals surface area contributed by atoms with Crippen molar-refractivity contribution in [3.05, 3.63) is 17.8 Å². The Bertz CT molecular complexity index is 273. The van der Waals surface area contributed by atoms with Crippen molar-refractivity contribution in [3.8, 4) is 5.88 Å². The van der Waals surface area contributed by atoms with Gasteiger partial charge in [0.15, 0.2) is 0 Å². The Morgan fingerprint density at radius 1 is 1.58 bits per heavy atom. The number of rotatable bonds is 2. The molecule has 1 rings (SSSR count). The van der Waals surface area contributed by atoms with Crippen molar-refractivity contribution in [1.82, 2.24) is 4.98 Å². The highest BCUT2D eigenvalue weighted by Crippen LogP contribution is 2.20. The van der Waals surface area contributed by atoms with E-state index in [0.717, 1.165) is 5.56 Å². The minimum absolute atomic E-state index is 0.0503. The van der Waals surface area contributed by atoms with Crippen LogP contribution in [0.15, 0.2) is 12.3 Å². The van der Waals surface area contributed by atoms with Gasteiger partial charge in [-0.3, -0.25) is 0 Å². The number of nitrogens with two attached hydrogens (primary N) is 2. The molecule has 1 unspecified atom stereocenters. The van der Waals surface area contributed by atoms with Crippen LogP contribution in [-0.4, -0.2) is 12.1 Å². The highest BCUT2D eigenvalue weighted by Gasteiger charge is 2.04. The summed E-state index contributed by atoms with van der Waals surface area (Å²) in [6.45, 7) is 1.88. The van der Waals surface area contributed by atoms with Gasteiger partial charge in [-0.15, -0.1) is 0 Å². The number of hydrogen-bond donors (Lipinski definition) is 2. The van der Waals surface area contributed by atoms with Crippen molar-refractivity contribution in [1.29, 1.82) is 0 Å². The van der Waals surface area contributed by atoms with E-state index in [-0.39, 0.29) is 6.04 Å². The summed E-state index contributed by atoms with van der Waals surface area (Å²) in [7, 11) is 1.53. The van der Waals surface area contributed by atoms with Crippen LogP contribution in [0.4, 0.5) is 5.69 Å². The lowest BCUT2D eigenvalue weighted by Crippen LogP contribution is -2.06. The van der Waals surface area contributed by atoms with E-state index in [0.29, 0.717) is 11.6 Å². The molecule has 0 saturated carbocycles. The monoisotopic (exact) mass is 167 g/mol. The lowest BCUT2D eigenvalue weighted by Gasteiger charge is -2.07. The van der Waals surface area contributed by atoms with Gasteiger partial charge in [0.1, 0.15) is 0 Å². The second kappa shape index (κ2) is 3.40.